The first-order valence-electron chi connectivity index (χ1n) is 15.5. The number of rotatable bonds is 6. The number of carbonyl (C=O) groups excluding carboxylic acids is 1. The highest BCUT2D eigenvalue weighted by Gasteiger charge is 2.80. The van der Waals surface area contributed by atoms with Crippen molar-refractivity contribution in [1.82, 2.24) is 0 Å². The molecule has 10 atom stereocenters. The second-order valence-electron chi connectivity index (χ2n) is 13.8. The maximum atomic E-state index is 17.6. The third-order valence-electron chi connectivity index (χ3n) is 11.5. The van der Waals surface area contributed by atoms with Crippen molar-refractivity contribution in [2.45, 2.75) is 75.7 Å². The Morgan fingerprint density at radius 3 is 2.62 bits per heavy atom. The van der Waals surface area contributed by atoms with Gasteiger partial charge in [-0.25, -0.2) is 8.78 Å². The van der Waals surface area contributed by atoms with E-state index in [2.05, 4.69) is 6.58 Å². The normalized spacial score (nSPS) is 41.5. The van der Waals surface area contributed by atoms with Crippen molar-refractivity contribution < 1.29 is 38.0 Å². The molecule has 0 unspecified atom stereocenters. The summed E-state index contributed by atoms with van der Waals surface area (Å²) in [5, 5.41) is 21.9. The summed E-state index contributed by atoms with van der Waals surface area (Å²) in [4.78, 5) is 13.7. The highest BCUT2D eigenvalue weighted by Crippen LogP contribution is 2.72. The van der Waals surface area contributed by atoms with Crippen LogP contribution in [0.15, 0.2) is 84.5 Å². The zero-order valence-electron chi connectivity index (χ0n) is 25.4. The lowest BCUT2D eigenvalue weighted by Crippen LogP contribution is -2.70. The molecule has 2 aromatic rings. The highest BCUT2D eigenvalue weighted by molar-refractivity contribution is 5.91. The predicted octanol–water partition coefficient (Wildman–Crippen LogP) is 5.48. The summed E-state index contributed by atoms with van der Waals surface area (Å²) >= 11 is 0. The number of benzene rings is 2. The molecular formula is C36H39F2NO6. The molecule has 4 N–H and O–H groups in total. The number of hydrogen-bond acceptors (Lipinski definition) is 7. The summed E-state index contributed by atoms with van der Waals surface area (Å²) in [6, 6.07) is 14.6. The molecule has 45 heavy (non-hydrogen) atoms. The van der Waals surface area contributed by atoms with E-state index in [1.54, 1.807) is 44.2 Å². The van der Waals surface area contributed by atoms with Gasteiger partial charge in [-0.05, 0) is 60.9 Å². The van der Waals surface area contributed by atoms with E-state index in [4.69, 9.17) is 19.9 Å². The third-order valence-corrected chi connectivity index (χ3v) is 11.5. The lowest BCUT2D eigenvalue weighted by atomic mass is 9.44. The molecule has 0 radical (unpaired) electrons. The number of hydrogen-bond donors (Lipinski definition) is 3. The number of allylic oxidation sites excluding steroid dienone is 5. The molecule has 1 aliphatic heterocycles. The molecule has 3 saturated carbocycles. The fourth-order valence-electron chi connectivity index (χ4n) is 9.33. The summed E-state index contributed by atoms with van der Waals surface area (Å²) in [5.41, 5.74) is 2.51. The van der Waals surface area contributed by atoms with Crippen LogP contribution in [0.1, 0.15) is 50.5 Å². The topological polar surface area (TPSA) is 111 Å². The minimum absolute atomic E-state index is 0.113. The van der Waals surface area contributed by atoms with Gasteiger partial charge in [-0.1, -0.05) is 62.1 Å². The van der Waals surface area contributed by atoms with Crippen LogP contribution in [0.2, 0.25) is 0 Å². The van der Waals surface area contributed by atoms with E-state index in [9.17, 15) is 15.0 Å². The van der Waals surface area contributed by atoms with E-state index >= 15 is 8.78 Å². The van der Waals surface area contributed by atoms with Crippen molar-refractivity contribution in [3.8, 4) is 5.75 Å². The van der Waals surface area contributed by atoms with Crippen molar-refractivity contribution in [1.29, 1.82) is 0 Å². The van der Waals surface area contributed by atoms with E-state index in [0.717, 1.165) is 5.56 Å². The molecule has 4 aliphatic carbocycles. The van der Waals surface area contributed by atoms with Crippen LogP contribution >= 0.6 is 0 Å². The molecule has 7 nitrogen and oxygen atoms in total. The van der Waals surface area contributed by atoms with E-state index in [-0.39, 0.29) is 24.8 Å². The maximum absolute atomic E-state index is 17.6. The lowest BCUT2D eigenvalue weighted by molar-refractivity contribution is -0.235. The summed E-state index contributed by atoms with van der Waals surface area (Å²) in [6.45, 7) is 6.85. The van der Waals surface area contributed by atoms with Gasteiger partial charge in [-0.2, -0.15) is 0 Å². The standard InChI is InChI=1S/C36H39F2NO6/c1-20-11-12-33(2)27(13-20)28(37)15-26-25-16-31-36(30(42)18-40,34(25,3)17-29(41)35(26,33)38)45-32(44-31)22-9-7-21(8-10-22)19-43-24-6-4-5-23(39)14-24/h4-14,25-26,28-29,31-32,40-41H,1,15-19,39H2,2-3H3/t25-,26-,28-,29-,31+,32+,33-,34-,35-,36+/m0/s1. The van der Waals surface area contributed by atoms with E-state index in [0.29, 0.717) is 29.2 Å². The van der Waals surface area contributed by atoms with Crippen LogP contribution in [0.5, 0.6) is 5.75 Å². The summed E-state index contributed by atoms with van der Waals surface area (Å²) < 4.78 is 52.4. The fraction of sp³-hybridized carbons (Fsp3) is 0.472. The molecular weight excluding hydrogens is 580 g/mol. The first-order valence-corrected chi connectivity index (χ1v) is 15.5. The van der Waals surface area contributed by atoms with Gasteiger partial charge in [0.15, 0.2) is 23.3 Å². The zero-order chi connectivity index (χ0) is 31.9. The molecule has 0 bridgehead atoms. The monoisotopic (exact) mass is 619 g/mol. The van der Waals surface area contributed by atoms with Crippen molar-refractivity contribution >= 4 is 11.5 Å². The minimum Gasteiger partial charge on any atom is -0.489 e. The zero-order valence-corrected chi connectivity index (χ0v) is 25.4. The predicted molar refractivity (Wildman–Crippen MR) is 163 cm³/mol. The molecule has 0 spiro atoms. The largest absolute Gasteiger partial charge is 0.489 e. The second kappa shape index (κ2) is 10.3. The van der Waals surface area contributed by atoms with Gasteiger partial charge in [0, 0.05) is 34.1 Å². The van der Waals surface area contributed by atoms with Crippen LogP contribution in [-0.2, 0) is 20.9 Å². The molecule has 5 aliphatic rings. The van der Waals surface area contributed by atoms with Gasteiger partial charge in [-0.15, -0.1) is 0 Å². The second-order valence-corrected chi connectivity index (χ2v) is 13.8. The number of Topliss-reactive ketones (excluding diaryl/α,β-unsaturated/α-hetero) is 1. The van der Waals surface area contributed by atoms with Gasteiger partial charge in [0.1, 0.15) is 25.1 Å². The first-order chi connectivity index (χ1) is 21.4. The molecule has 7 rings (SSSR count). The molecule has 2 aromatic carbocycles. The van der Waals surface area contributed by atoms with E-state index in [1.165, 1.54) is 0 Å². The first kappa shape index (κ1) is 30.3. The van der Waals surface area contributed by atoms with Crippen molar-refractivity contribution in [3.63, 3.8) is 0 Å². The molecule has 0 aromatic heterocycles. The Balaban J connectivity index is 1.18. The van der Waals surface area contributed by atoms with Crippen LogP contribution in [0.25, 0.3) is 0 Å². The number of halogens is 2. The molecule has 4 fully saturated rings. The Kier molecular flexibility index (Phi) is 6.95. The Bertz CT molecular complexity index is 1610. The number of aliphatic hydroxyl groups is 2. The van der Waals surface area contributed by atoms with E-state index < -0.39 is 71.0 Å². The van der Waals surface area contributed by atoms with Gasteiger partial charge in [0.2, 0.25) is 0 Å². The molecule has 238 valence electrons. The Morgan fingerprint density at radius 2 is 1.91 bits per heavy atom. The van der Waals surface area contributed by atoms with Gasteiger partial charge in [0.05, 0.1) is 12.2 Å². The number of nitrogens with two attached hydrogens (primary N) is 1. The number of fused-ring (bicyclic) bond motifs is 7. The number of nitrogen functional groups attached to an aromatic ring is 1. The number of alkyl halides is 2. The quantitative estimate of drug-likeness (QED) is 0.368. The van der Waals surface area contributed by atoms with Crippen molar-refractivity contribution in [2.75, 3.05) is 12.3 Å². The lowest BCUT2D eigenvalue weighted by Gasteiger charge is -2.63. The molecule has 1 saturated heterocycles. The van der Waals surface area contributed by atoms with Crippen LogP contribution in [0.3, 0.4) is 0 Å². The third kappa shape index (κ3) is 4.10. The fourth-order valence-corrected chi connectivity index (χ4v) is 9.33. The number of aliphatic hydroxyl groups excluding tert-OH is 2. The van der Waals surface area contributed by atoms with Gasteiger partial charge in [-0.3, -0.25) is 4.79 Å². The Labute approximate surface area is 261 Å². The molecule has 1 heterocycles. The Hall–Kier alpha value is -3.37. The van der Waals surface area contributed by atoms with Crippen LogP contribution < -0.4 is 10.5 Å². The summed E-state index contributed by atoms with van der Waals surface area (Å²) in [6.07, 6.45) is 0.155. The van der Waals surface area contributed by atoms with Gasteiger partial charge in [0.25, 0.3) is 0 Å². The number of carbonyl (C=O) groups is 1. The molecule has 9 heteroatoms. The summed E-state index contributed by atoms with van der Waals surface area (Å²) in [7, 11) is 0. The van der Waals surface area contributed by atoms with Crippen molar-refractivity contribution in [3.05, 3.63) is 95.6 Å². The average molecular weight is 620 g/mol. The van der Waals surface area contributed by atoms with Gasteiger partial charge < -0.3 is 30.2 Å². The maximum Gasteiger partial charge on any atom is 0.193 e. The summed E-state index contributed by atoms with van der Waals surface area (Å²) in [5.74, 6) is -1.40. The average Bonchev–Trinajstić information content (AvgIpc) is 3.52. The number of ketones is 1. The smallest absolute Gasteiger partial charge is 0.193 e. The van der Waals surface area contributed by atoms with E-state index in [1.807, 2.05) is 36.4 Å². The minimum atomic E-state index is -2.19. The van der Waals surface area contributed by atoms with Crippen LogP contribution in [0.4, 0.5) is 14.5 Å². The van der Waals surface area contributed by atoms with Crippen LogP contribution in [-0.4, -0.2) is 52.3 Å². The number of ether oxygens (including phenoxy) is 3. The SMILES string of the molecule is C=C1C=C[C@@]2(C)C(=C1)[C@@H](F)C[C@H]1[C@@H]3C[C@H]4O[C@@H](c5ccc(COc6cccc(N)c6)cc5)O[C@@]4(C(=O)CO)[C@@]3(C)C[C@H](O)[C@@]12F. The van der Waals surface area contributed by atoms with Crippen LogP contribution in [0, 0.1) is 22.7 Å². The van der Waals surface area contributed by atoms with Crippen molar-refractivity contribution in [2.24, 2.45) is 22.7 Å². The Morgan fingerprint density at radius 1 is 1.16 bits per heavy atom. The molecule has 0 amide bonds. The van der Waals surface area contributed by atoms with Gasteiger partial charge >= 0.3 is 0 Å². The number of anilines is 1. The highest BCUT2D eigenvalue weighted by atomic mass is 19.1.